The van der Waals surface area contributed by atoms with E-state index in [2.05, 4.69) is 26.2 Å². The maximum Gasteiger partial charge on any atom is 0.255 e. The van der Waals surface area contributed by atoms with E-state index in [0.717, 1.165) is 11.8 Å². The van der Waals surface area contributed by atoms with Crippen molar-refractivity contribution in [2.75, 3.05) is 12.4 Å². The van der Waals surface area contributed by atoms with Gasteiger partial charge in [0.2, 0.25) is 0 Å². The van der Waals surface area contributed by atoms with E-state index in [1.165, 1.54) is 13.3 Å². The highest BCUT2D eigenvalue weighted by Gasteiger charge is 2.22. The Hall–Kier alpha value is -1.10. The third-order valence-electron chi connectivity index (χ3n) is 2.42. The lowest BCUT2D eigenvalue weighted by atomic mass is 10.0. The molecule has 17 heavy (non-hydrogen) atoms. The number of halogens is 1. The number of carbonyl (C=O) groups is 1. The number of alkyl halides is 1. The van der Waals surface area contributed by atoms with E-state index in [1.54, 1.807) is 12.3 Å². The molecule has 0 aromatic carbocycles. The summed E-state index contributed by atoms with van der Waals surface area (Å²) in [5.41, 5.74) is 0.250. The number of hydrogen-bond acceptors (Lipinski definition) is 3. The second-order valence-corrected chi connectivity index (χ2v) is 5.15. The molecule has 1 heterocycles. The predicted octanol–water partition coefficient (Wildman–Crippen LogP) is 2.38. The van der Waals surface area contributed by atoms with Crippen LogP contribution in [0, 0.1) is 0 Å². The van der Waals surface area contributed by atoms with Crippen molar-refractivity contribution in [1.82, 2.24) is 10.3 Å². The summed E-state index contributed by atoms with van der Waals surface area (Å²) in [5.74, 6) is 0.342. The number of hydrogen-bond donors (Lipinski definition) is 1. The number of methoxy groups -OCH3 is 1. The molecule has 0 aliphatic rings. The van der Waals surface area contributed by atoms with Crippen LogP contribution in [-0.2, 0) is 0 Å². The van der Waals surface area contributed by atoms with Gasteiger partial charge in [-0.25, -0.2) is 0 Å². The molecule has 0 aliphatic heterocycles. The Labute approximate surface area is 110 Å². The monoisotopic (exact) mass is 300 g/mol. The summed E-state index contributed by atoms with van der Waals surface area (Å²) in [7, 11) is 1.53. The van der Waals surface area contributed by atoms with E-state index in [-0.39, 0.29) is 11.4 Å². The second kappa shape index (κ2) is 6.00. The summed E-state index contributed by atoms with van der Waals surface area (Å²) < 4.78 is 5.11. The number of nitrogens with one attached hydrogen (secondary N) is 1. The molecule has 1 rings (SSSR count). The zero-order valence-corrected chi connectivity index (χ0v) is 11.9. The van der Waals surface area contributed by atoms with E-state index in [9.17, 15) is 4.79 Å². The number of carbonyl (C=O) groups excluding carboxylic acids is 1. The van der Waals surface area contributed by atoms with Crippen LogP contribution in [0.15, 0.2) is 18.5 Å². The molecule has 1 aromatic heterocycles. The van der Waals surface area contributed by atoms with Crippen molar-refractivity contribution in [3.05, 3.63) is 24.0 Å². The first-order valence-corrected chi connectivity index (χ1v) is 6.49. The molecule has 0 radical (unpaired) electrons. The van der Waals surface area contributed by atoms with Crippen molar-refractivity contribution < 1.29 is 9.53 Å². The number of rotatable bonds is 5. The van der Waals surface area contributed by atoms with Crippen LogP contribution in [0.4, 0.5) is 0 Å². The largest absolute Gasteiger partial charge is 0.494 e. The number of ether oxygens (including phenoxy) is 1. The highest BCUT2D eigenvalue weighted by molar-refractivity contribution is 9.09. The Bertz CT molecular complexity index is 394. The van der Waals surface area contributed by atoms with Crippen molar-refractivity contribution in [1.29, 1.82) is 0 Å². The molecular weight excluding hydrogens is 284 g/mol. The fourth-order valence-corrected chi connectivity index (χ4v) is 2.39. The third kappa shape index (κ3) is 4.00. The van der Waals surface area contributed by atoms with Crippen molar-refractivity contribution in [2.24, 2.45) is 0 Å². The maximum atomic E-state index is 12.1. The van der Waals surface area contributed by atoms with Crippen LogP contribution in [0.2, 0.25) is 0 Å². The fraction of sp³-hybridized carbons (Fsp3) is 0.500. The Kier molecular flexibility index (Phi) is 4.93. The molecular formula is C12H17BrN2O2. The molecule has 0 saturated heterocycles. The molecule has 5 heteroatoms. The molecule has 94 valence electrons. The van der Waals surface area contributed by atoms with Gasteiger partial charge in [-0.2, -0.15) is 0 Å². The average Bonchev–Trinajstić information content (AvgIpc) is 2.28. The molecule has 0 unspecified atom stereocenters. The van der Waals surface area contributed by atoms with Gasteiger partial charge in [-0.05, 0) is 26.3 Å². The van der Waals surface area contributed by atoms with Gasteiger partial charge in [-0.1, -0.05) is 15.9 Å². The first-order chi connectivity index (χ1) is 8.00. The zero-order valence-electron chi connectivity index (χ0n) is 10.3. The van der Waals surface area contributed by atoms with Crippen LogP contribution < -0.4 is 10.1 Å². The van der Waals surface area contributed by atoms with Crippen LogP contribution in [0.1, 0.15) is 30.6 Å². The van der Waals surface area contributed by atoms with E-state index in [0.29, 0.717) is 11.3 Å². The van der Waals surface area contributed by atoms with Gasteiger partial charge in [0.25, 0.3) is 5.91 Å². The van der Waals surface area contributed by atoms with Crippen molar-refractivity contribution in [3.63, 3.8) is 0 Å². The van der Waals surface area contributed by atoms with Crippen LogP contribution >= 0.6 is 15.9 Å². The lowest BCUT2D eigenvalue weighted by Crippen LogP contribution is -2.43. The summed E-state index contributed by atoms with van der Waals surface area (Å²) in [6.45, 7) is 3.97. The van der Waals surface area contributed by atoms with E-state index in [1.807, 2.05) is 13.8 Å². The molecule has 0 saturated carbocycles. The highest BCUT2D eigenvalue weighted by Crippen LogP contribution is 2.18. The second-order valence-electron chi connectivity index (χ2n) is 4.35. The number of pyridine rings is 1. The normalized spacial score (nSPS) is 11.1. The number of aromatic nitrogens is 1. The Morgan fingerprint density at radius 2 is 2.29 bits per heavy atom. The van der Waals surface area contributed by atoms with Gasteiger partial charge in [-0.3, -0.25) is 9.78 Å². The van der Waals surface area contributed by atoms with Crippen molar-refractivity contribution in [2.45, 2.75) is 25.8 Å². The predicted molar refractivity (Wildman–Crippen MR) is 70.7 cm³/mol. The number of amides is 1. The Balaban J connectivity index is 2.83. The first kappa shape index (κ1) is 14.0. The van der Waals surface area contributed by atoms with E-state index in [4.69, 9.17) is 4.74 Å². The maximum absolute atomic E-state index is 12.1. The third-order valence-corrected chi connectivity index (χ3v) is 2.82. The summed E-state index contributed by atoms with van der Waals surface area (Å²) in [6.07, 6.45) is 3.97. The standard InChI is InChI=1S/C12H17BrN2O2/c1-12(2,5-6-13)15-11(16)9-4-7-14-8-10(9)17-3/h4,7-8H,5-6H2,1-3H3,(H,15,16). The lowest BCUT2D eigenvalue weighted by Gasteiger charge is -2.25. The smallest absolute Gasteiger partial charge is 0.255 e. The van der Waals surface area contributed by atoms with Gasteiger partial charge in [0.15, 0.2) is 0 Å². The van der Waals surface area contributed by atoms with Crippen LogP contribution in [0.25, 0.3) is 0 Å². The molecule has 0 bridgehead atoms. The first-order valence-electron chi connectivity index (χ1n) is 5.36. The van der Waals surface area contributed by atoms with Gasteiger partial charge < -0.3 is 10.1 Å². The van der Waals surface area contributed by atoms with Crippen molar-refractivity contribution in [3.8, 4) is 5.75 Å². The summed E-state index contributed by atoms with van der Waals surface area (Å²) in [4.78, 5) is 16.0. The van der Waals surface area contributed by atoms with Crippen LogP contribution in [-0.4, -0.2) is 28.9 Å². The van der Waals surface area contributed by atoms with Gasteiger partial charge in [0.05, 0.1) is 18.9 Å². The Morgan fingerprint density at radius 1 is 1.59 bits per heavy atom. The Morgan fingerprint density at radius 3 is 2.88 bits per heavy atom. The number of nitrogens with zero attached hydrogens (tertiary/aromatic N) is 1. The molecule has 1 amide bonds. The molecule has 1 aromatic rings. The zero-order chi connectivity index (χ0) is 12.9. The van der Waals surface area contributed by atoms with Gasteiger partial charge in [0.1, 0.15) is 5.75 Å². The van der Waals surface area contributed by atoms with E-state index < -0.39 is 0 Å². The van der Waals surface area contributed by atoms with Crippen LogP contribution in [0.5, 0.6) is 5.75 Å². The lowest BCUT2D eigenvalue weighted by molar-refractivity contribution is 0.0908. The fourth-order valence-electron chi connectivity index (χ4n) is 1.40. The minimum Gasteiger partial charge on any atom is -0.494 e. The molecule has 1 N–H and O–H groups in total. The van der Waals surface area contributed by atoms with E-state index >= 15 is 0 Å². The summed E-state index contributed by atoms with van der Waals surface area (Å²) in [6, 6.07) is 1.65. The molecule has 4 nitrogen and oxygen atoms in total. The minimum atomic E-state index is -0.255. The topological polar surface area (TPSA) is 51.2 Å². The summed E-state index contributed by atoms with van der Waals surface area (Å²) in [5, 5.41) is 3.81. The van der Waals surface area contributed by atoms with Crippen LogP contribution in [0.3, 0.4) is 0 Å². The summed E-state index contributed by atoms with van der Waals surface area (Å²) >= 11 is 3.37. The minimum absolute atomic E-state index is 0.143. The molecule has 0 spiro atoms. The highest BCUT2D eigenvalue weighted by atomic mass is 79.9. The molecule has 0 fully saturated rings. The van der Waals surface area contributed by atoms with Crippen molar-refractivity contribution >= 4 is 21.8 Å². The van der Waals surface area contributed by atoms with Gasteiger partial charge in [-0.15, -0.1) is 0 Å². The molecule has 0 aliphatic carbocycles. The van der Waals surface area contributed by atoms with Gasteiger partial charge >= 0.3 is 0 Å². The SMILES string of the molecule is COc1cnccc1C(=O)NC(C)(C)CCBr. The van der Waals surface area contributed by atoms with Gasteiger partial charge in [0, 0.05) is 17.1 Å². The average molecular weight is 301 g/mol. The molecule has 0 atom stereocenters. The quantitative estimate of drug-likeness (QED) is 0.850.